The molecule has 0 saturated carbocycles. The number of carbonyl (C=O) groups excluding carboxylic acids is 1. The summed E-state index contributed by atoms with van der Waals surface area (Å²) in [6, 6.07) is 20.0. The molecule has 35 heavy (non-hydrogen) atoms. The fourth-order valence-electron chi connectivity index (χ4n) is 3.38. The Labute approximate surface area is 203 Å². The van der Waals surface area contributed by atoms with Crippen LogP contribution in [0.4, 0.5) is 20.2 Å². The zero-order valence-electron chi connectivity index (χ0n) is 18.7. The van der Waals surface area contributed by atoms with Gasteiger partial charge in [0, 0.05) is 41.9 Å². The molecule has 1 amide bonds. The van der Waals surface area contributed by atoms with Crippen LogP contribution in [0.5, 0.6) is 5.75 Å². The van der Waals surface area contributed by atoms with Crippen molar-refractivity contribution in [2.45, 2.75) is 11.4 Å². The summed E-state index contributed by atoms with van der Waals surface area (Å²) in [4.78, 5) is 18.9. The largest absolute Gasteiger partial charge is 0.494 e. The van der Waals surface area contributed by atoms with Crippen molar-refractivity contribution in [3.8, 4) is 5.75 Å². The van der Waals surface area contributed by atoms with Crippen molar-refractivity contribution in [3.63, 3.8) is 0 Å². The van der Waals surface area contributed by atoms with Gasteiger partial charge in [0.05, 0.1) is 12.0 Å². The molecule has 9 heteroatoms. The van der Waals surface area contributed by atoms with Crippen molar-refractivity contribution < 1.29 is 22.5 Å². The normalized spacial score (nSPS) is 11.5. The van der Waals surface area contributed by atoms with Gasteiger partial charge < -0.3 is 9.64 Å². The van der Waals surface area contributed by atoms with Crippen LogP contribution >= 0.6 is 0 Å². The third-order valence-corrected chi connectivity index (χ3v) is 6.24. The predicted octanol–water partition coefficient (Wildman–Crippen LogP) is 5.16. The Morgan fingerprint density at radius 2 is 1.71 bits per heavy atom. The highest BCUT2D eigenvalue weighted by Gasteiger charge is 2.16. The number of rotatable bonds is 8. The zero-order chi connectivity index (χ0) is 24.8. The van der Waals surface area contributed by atoms with Gasteiger partial charge in [-0.1, -0.05) is 6.07 Å². The monoisotopic (exact) mass is 493 g/mol. The Hall–Kier alpha value is -4.11. The lowest BCUT2D eigenvalue weighted by atomic mass is 10.1. The van der Waals surface area contributed by atoms with Gasteiger partial charge in [0.15, 0.2) is 22.6 Å². The number of anilines is 2. The predicted molar refractivity (Wildman–Crippen MR) is 130 cm³/mol. The maximum Gasteiger partial charge on any atom is 0.263 e. The Balaban J connectivity index is 1.57. The van der Waals surface area contributed by atoms with Crippen LogP contribution in [0.25, 0.3) is 0 Å². The van der Waals surface area contributed by atoms with E-state index < -0.39 is 28.5 Å². The van der Waals surface area contributed by atoms with Crippen LogP contribution in [0.15, 0.2) is 96.2 Å². The number of carbonyl (C=O) groups is 1. The van der Waals surface area contributed by atoms with Crippen LogP contribution in [0.2, 0.25) is 0 Å². The SMILES string of the molecule is COc1ccc(N(Cc2cccnc2)c2ccc(C(=O)NS(=O)c3ccc(F)cc3)cc2)cc1F. The Bertz CT molecular complexity index is 1330. The molecule has 4 rings (SSSR count). The Kier molecular flexibility index (Phi) is 7.47. The summed E-state index contributed by atoms with van der Waals surface area (Å²) in [5, 5.41) is 0. The summed E-state index contributed by atoms with van der Waals surface area (Å²) in [6.45, 7) is 0.403. The number of hydrogen-bond acceptors (Lipinski definition) is 5. The number of hydrogen-bond donors (Lipinski definition) is 1. The number of nitrogens with one attached hydrogen (secondary N) is 1. The van der Waals surface area contributed by atoms with E-state index in [2.05, 4.69) is 9.71 Å². The number of benzene rings is 3. The van der Waals surface area contributed by atoms with Crippen molar-refractivity contribution in [2.75, 3.05) is 12.0 Å². The average molecular weight is 494 g/mol. The van der Waals surface area contributed by atoms with E-state index in [0.717, 1.165) is 5.56 Å². The maximum absolute atomic E-state index is 14.5. The topological polar surface area (TPSA) is 71.5 Å². The van der Waals surface area contributed by atoms with Crippen molar-refractivity contribution in [3.05, 3.63) is 114 Å². The lowest BCUT2D eigenvalue weighted by Crippen LogP contribution is -2.25. The molecule has 1 unspecified atom stereocenters. The number of methoxy groups -OCH3 is 1. The summed E-state index contributed by atoms with van der Waals surface area (Å²) >= 11 is 0. The molecule has 1 N–H and O–H groups in total. The first-order valence-corrected chi connectivity index (χ1v) is 11.7. The summed E-state index contributed by atoms with van der Waals surface area (Å²) in [5.74, 6) is -1.37. The summed E-state index contributed by atoms with van der Waals surface area (Å²) in [5.41, 5.74) is 2.48. The van der Waals surface area contributed by atoms with E-state index >= 15 is 0 Å². The second-order valence-electron chi connectivity index (χ2n) is 7.47. The Morgan fingerprint density at radius 1 is 1.00 bits per heavy atom. The zero-order valence-corrected chi connectivity index (χ0v) is 19.5. The van der Waals surface area contributed by atoms with Crippen LogP contribution in [-0.2, 0) is 17.5 Å². The van der Waals surface area contributed by atoms with Crippen LogP contribution in [0.3, 0.4) is 0 Å². The lowest BCUT2D eigenvalue weighted by molar-refractivity contribution is 0.0983. The minimum absolute atomic E-state index is 0.135. The molecule has 0 fully saturated rings. The van der Waals surface area contributed by atoms with Crippen LogP contribution in [0, 0.1) is 11.6 Å². The first-order valence-electron chi connectivity index (χ1n) is 10.5. The van der Waals surface area contributed by atoms with E-state index in [9.17, 15) is 17.8 Å². The summed E-state index contributed by atoms with van der Waals surface area (Å²) in [7, 11) is -0.434. The van der Waals surface area contributed by atoms with Gasteiger partial charge in [-0.3, -0.25) is 14.5 Å². The minimum Gasteiger partial charge on any atom is -0.494 e. The number of nitrogens with zero attached hydrogens (tertiary/aromatic N) is 2. The molecule has 1 heterocycles. The molecule has 0 aliphatic heterocycles. The van der Waals surface area contributed by atoms with Gasteiger partial charge in [0.1, 0.15) is 5.82 Å². The fraction of sp³-hybridized carbons (Fsp3) is 0.0769. The molecule has 0 saturated heterocycles. The van der Waals surface area contributed by atoms with E-state index in [0.29, 0.717) is 17.9 Å². The molecular weight excluding hydrogens is 472 g/mol. The number of aromatic nitrogens is 1. The van der Waals surface area contributed by atoms with Gasteiger partial charge in [-0.15, -0.1) is 0 Å². The van der Waals surface area contributed by atoms with Crippen molar-refractivity contribution >= 4 is 28.3 Å². The molecule has 6 nitrogen and oxygen atoms in total. The lowest BCUT2D eigenvalue weighted by Gasteiger charge is -2.25. The highest BCUT2D eigenvalue weighted by Crippen LogP contribution is 2.31. The summed E-state index contributed by atoms with van der Waals surface area (Å²) in [6.07, 6.45) is 3.39. The Morgan fingerprint density at radius 3 is 2.34 bits per heavy atom. The number of ether oxygens (including phenoxy) is 1. The molecule has 4 aromatic rings. The van der Waals surface area contributed by atoms with Crippen LogP contribution in [-0.4, -0.2) is 22.2 Å². The van der Waals surface area contributed by atoms with E-state index in [1.54, 1.807) is 48.8 Å². The number of amides is 1. The standard InChI is InChI=1S/C26H21F2N3O3S/c1-34-25-13-10-22(15-24(25)28)31(17-18-3-2-14-29-16-18)21-8-4-19(5-9-21)26(32)30-35(33)23-11-6-20(27)7-12-23/h2-16H,17H2,1H3,(H,30,32). The van der Waals surface area contributed by atoms with Crippen molar-refractivity contribution in [1.82, 2.24) is 9.71 Å². The molecule has 0 aliphatic carbocycles. The van der Waals surface area contributed by atoms with Crippen LogP contribution in [0.1, 0.15) is 15.9 Å². The van der Waals surface area contributed by atoms with Crippen LogP contribution < -0.4 is 14.4 Å². The van der Waals surface area contributed by atoms with Crippen molar-refractivity contribution in [2.24, 2.45) is 0 Å². The third kappa shape index (κ3) is 5.88. The molecule has 1 atom stereocenters. The van der Waals surface area contributed by atoms with Gasteiger partial charge in [0.25, 0.3) is 5.91 Å². The highest BCUT2D eigenvalue weighted by atomic mass is 32.2. The fourth-order valence-corrected chi connectivity index (χ4v) is 4.17. The van der Waals surface area contributed by atoms with E-state index in [1.165, 1.54) is 37.4 Å². The molecule has 178 valence electrons. The second-order valence-corrected chi connectivity index (χ2v) is 8.68. The molecule has 0 bridgehead atoms. The number of pyridine rings is 1. The van der Waals surface area contributed by atoms with E-state index in [1.807, 2.05) is 17.0 Å². The summed E-state index contributed by atoms with van der Waals surface area (Å²) < 4.78 is 47.3. The van der Waals surface area contributed by atoms with Gasteiger partial charge in [-0.25, -0.2) is 13.0 Å². The van der Waals surface area contributed by atoms with E-state index in [4.69, 9.17) is 4.74 Å². The third-order valence-electron chi connectivity index (χ3n) is 5.16. The molecule has 1 aromatic heterocycles. The smallest absolute Gasteiger partial charge is 0.263 e. The first-order chi connectivity index (χ1) is 16.9. The van der Waals surface area contributed by atoms with Gasteiger partial charge >= 0.3 is 0 Å². The highest BCUT2D eigenvalue weighted by molar-refractivity contribution is 7.83. The molecule has 3 aromatic carbocycles. The molecular formula is C26H21F2N3O3S. The van der Waals surface area contributed by atoms with Gasteiger partial charge in [-0.2, -0.15) is 0 Å². The van der Waals surface area contributed by atoms with E-state index in [-0.39, 0.29) is 16.2 Å². The molecule has 0 aliphatic rings. The maximum atomic E-state index is 14.5. The molecule has 0 radical (unpaired) electrons. The number of halogens is 2. The van der Waals surface area contributed by atoms with Gasteiger partial charge in [0.2, 0.25) is 0 Å². The quantitative estimate of drug-likeness (QED) is 0.367. The average Bonchev–Trinajstić information content (AvgIpc) is 2.88. The first kappa shape index (κ1) is 24.0. The molecule has 0 spiro atoms. The second kappa shape index (κ2) is 10.9. The minimum atomic E-state index is -1.84. The van der Waals surface area contributed by atoms with Gasteiger partial charge in [-0.05, 0) is 72.3 Å². The van der Waals surface area contributed by atoms with Crippen molar-refractivity contribution in [1.29, 1.82) is 0 Å².